The summed E-state index contributed by atoms with van der Waals surface area (Å²) in [6.45, 7) is 0. The molecule has 0 radical (unpaired) electrons. The van der Waals surface area contributed by atoms with Crippen LogP contribution in [0.3, 0.4) is 0 Å². The summed E-state index contributed by atoms with van der Waals surface area (Å²) in [7, 11) is 4.46. The molecule has 0 atom stereocenters. The third-order valence-electron chi connectivity index (χ3n) is 14.6. The molecule has 13 aromatic rings. The number of aromatic nitrogens is 1. The first kappa shape index (κ1) is 38.4. The van der Waals surface area contributed by atoms with Crippen molar-refractivity contribution in [1.29, 1.82) is 0 Å². The molecule has 0 unspecified atom stereocenters. The first-order chi connectivity index (χ1) is 33.5. The predicted octanol–water partition coefficient (Wildman–Crippen LogP) is 17.8. The molecule has 4 heteroatoms. The van der Waals surface area contributed by atoms with Gasteiger partial charge in [0.1, 0.15) is 0 Å². The number of hydrogen-bond acceptors (Lipinski definition) is 3. The number of hydrogen-bond donors (Lipinski definition) is 0. The summed E-state index contributed by atoms with van der Waals surface area (Å²) in [6.07, 6.45) is 0. The summed E-state index contributed by atoms with van der Waals surface area (Å²) in [6, 6.07) is 85.1. The van der Waals surface area contributed by atoms with Crippen LogP contribution < -0.4 is 14.7 Å². The molecule has 0 N–H and O–H groups in total. The zero-order valence-corrected chi connectivity index (χ0v) is 37.7. The SMILES string of the molecule is CN1c2cc(N(c3ccc4ccccc4c3)c3ccc4ccccc4c3)ccc2-c2cc3c(c4cccc1c24)c1ccc(N(c2ccc4ccccc4c2)c2ccc4ccccc4c2)cc1n3C. The molecule has 0 fully saturated rings. The van der Waals surface area contributed by atoms with E-state index in [-0.39, 0.29) is 0 Å². The number of aryl methyl sites for hydroxylation is 1. The molecule has 0 spiro atoms. The van der Waals surface area contributed by atoms with Gasteiger partial charge in [-0.25, -0.2) is 0 Å². The second-order valence-corrected chi connectivity index (χ2v) is 18.3. The van der Waals surface area contributed by atoms with Crippen molar-refractivity contribution in [1.82, 2.24) is 4.57 Å². The molecule has 0 bridgehead atoms. The number of nitrogens with zero attached hydrogens (tertiary/aromatic N) is 4. The Labute approximate surface area is 394 Å². The largest absolute Gasteiger partial charge is 0.344 e. The second-order valence-electron chi connectivity index (χ2n) is 18.3. The van der Waals surface area contributed by atoms with Crippen molar-refractivity contribution in [2.75, 3.05) is 21.7 Å². The zero-order chi connectivity index (χ0) is 45.0. The minimum absolute atomic E-state index is 1.11. The fraction of sp³-hybridized carbons (Fsp3) is 0.0312. The molecule has 0 saturated heterocycles. The van der Waals surface area contributed by atoms with Crippen molar-refractivity contribution in [2.24, 2.45) is 7.05 Å². The van der Waals surface area contributed by atoms with Crippen molar-refractivity contribution in [2.45, 2.75) is 0 Å². The highest BCUT2D eigenvalue weighted by atomic mass is 15.2. The Hall–Kier alpha value is -8.86. The van der Waals surface area contributed by atoms with Gasteiger partial charge in [-0.05, 0) is 139 Å². The van der Waals surface area contributed by atoms with Gasteiger partial charge >= 0.3 is 0 Å². The van der Waals surface area contributed by atoms with E-state index < -0.39 is 0 Å². The monoisotopic (exact) mass is 868 g/mol. The summed E-state index contributed by atoms with van der Waals surface area (Å²) in [5, 5.41) is 14.9. The molecule has 12 aromatic carbocycles. The topological polar surface area (TPSA) is 14.7 Å². The van der Waals surface area contributed by atoms with Gasteiger partial charge in [-0.2, -0.15) is 0 Å². The lowest BCUT2D eigenvalue weighted by Gasteiger charge is -2.33. The van der Waals surface area contributed by atoms with Gasteiger partial charge in [-0.1, -0.05) is 146 Å². The third kappa shape index (κ3) is 5.87. The maximum Gasteiger partial charge on any atom is 0.0510 e. The molecular weight excluding hydrogens is 825 g/mol. The predicted molar refractivity (Wildman–Crippen MR) is 291 cm³/mol. The normalized spacial score (nSPS) is 12.2. The lowest BCUT2D eigenvalue weighted by atomic mass is 9.89. The molecule has 0 saturated carbocycles. The van der Waals surface area contributed by atoms with E-state index in [4.69, 9.17) is 0 Å². The van der Waals surface area contributed by atoms with Crippen molar-refractivity contribution in [3.8, 4) is 11.1 Å². The highest BCUT2D eigenvalue weighted by molar-refractivity contribution is 6.28. The molecule has 14 rings (SSSR count). The molecule has 1 aromatic heterocycles. The molecule has 1 aliphatic rings. The van der Waals surface area contributed by atoms with Crippen LogP contribution in [0.1, 0.15) is 0 Å². The van der Waals surface area contributed by atoms with Gasteiger partial charge in [0.05, 0.1) is 16.7 Å². The van der Waals surface area contributed by atoms with E-state index in [9.17, 15) is 0 Å². The number of rotatable bonds is 6. The van der Waals surface area contributed by atoms with Gasteiger partial charge in [0.25, 0.3) is 0 Å². The summed E-state index contributed by atoms with van der Waals surface area (Å²) in [5.41, 5.74) is 14.0. The number of fused-ring (bicyclic) bond motifs is 10. The molecule has 0 amide bonds. The van der Waals surface area contributed by atoms with Crippen LogP contribution >= 0.6 is 0 Å². The zero-order valence-electron chi connectivity index (χ0n) is 37.7. The smallest absolute Gasteiger partial charge is 0.0510 e. The Balaban J connectivity index is 0.942. The van der Waals surface area contributed by atoms with E-state index in [1.807, 2.05) is 0 Å². The van der Waals surface area contributed by atoms with Gasteiger partial charge in [0, 0.05) is 75.6 Å². The van der Waals surface area contributed by atoms with E-state index in [1.165, 1.54) is 98.2 Å². The average Bonchev–Trinajstić information content (AvgIpc) is 3.68. The van der Waals surface area contributed by atoms with Crippen LogP contribution in [0.2, 0.25) is 0 Å². The fourth-order valence-electron chi connectivity index (χ4n) is 11.2. The van der Waals surface area contributed by atoms with E-state index in [0.717, 1.165) is 34.1 Å². The molecular formula is C64H44N4. The van der Waals surface area contributed by atoms with Crippen LogP contribution in [0.15, 0.2) is 231 Å². The highest BCUT2D eigenvalue weighted by Crippen LogP contribution is 2.52. The lowest BCUT2D eigenvalue weighted by Crippen LogP contribution is -2.16. The minimum atomic E-state index is 1.11. The molecule has 68 heavy (non-hydrogen) atoms. The molecule has 320 valence electrons. The van der Waals surface area contributed by atoms with E-state index >= 15 is 0 Å². The van der Waals surface area contributed by atoms with E-state index in [0.29, 0.717) is 0 Å². The van der Waals surface area contributed by atoms with Gasteiger partial charge in [0.15, 0.2) is 0 Å². The van der Waals surface area contributed by atoms with Gasteiger partial charge < -0.3 is 19.3 Å². The molecule has 1 aliphatic heterocycles. The Kier molecular flexibility index (Phi) is 8.38. The van der Waals surface area contributed by atoms with Crippen molar-refractivity contribution in [3.63, 3.8) is 0 Å². The minimum Gasteiger partial charge on any atom is -0.344 e. The van der Waals surface area contributed by atoms with Crippen molar-refractivity contribution < 1.29 is 0 Å². The van der Waals surface area contributed by atoms with Gasteiger partial charge in [-0.3, -0.25) is 0 Å². The maximum absolute atomic E-state index is 2.45. The van der Waals surface area contributed by atoms with Crippen LogP contribution in [0, 0.1) is 0 Å². The molecule has 4 nitrogen and oxygen atoms in total. The Morgan fingerprint density at radius 1 is 0.279 bits per heavy atom. The summed E-state index contributed by atoms with van der Waals surface area (Å²) in [4.78, 5) is 7.22. The standard InChI is InChI=1S/C64H44N4/c1-65-59-21-11-20-57-63-56-33-31-54(68(51-28-24-43-14-5-9-18-47(43)36-51)52-29-25-44-15-6-10-19-48(44)37-52)39-61(56)66(2)62(63)40-58(64(57)59)55-32-30-53(38-60(55)65)67(49-26-22-41-12-3-7-16-45(41)34-49)50-27-23-42-13-4-8-17-46(42)35-50/h3-40H,1-2H3. The van der Waals surface area contributed by atoms with E-state index in [1.54, 1.807) is 0 Å². The first-order valence-corrected chi connectivity index (χ1v) is 23.4. The van der Waals surface area contributed by atoms with Crippen LogP contribution in [0.4, 0.5) is 45.5 Å². The Morgan fingerprint density at radius 3 is 1.21 bits per heavy atom. The van der Waals surface area contributed by atoms with Crippen molar-refractivity contribution >= 4 is 121 Å². The van der Waals surface area contributed by atoms with Crippen LogP contribution in [0.25, 0.3) is 86.8 Å². The molecule has 2 heterocycles. The maximum atomic E-state index is 2.45. The van der Waals surface area contributed by atoms with E-state index in [2.05, 4.69) is 264 Å². The average molecular weight is 869 g/mol. The van der Waals surface area contributed by atoms with Crippen LogP contribution in [-0.2, 0) is 7.05 Å². The fourth-order valence-corrected chi connectivity index (χ4v) is 11.2. The summed E-state index contributed by atoms with van der Waals surface area (Å²) < 4.78 is 2.41. The molecule has 0 aliphatic carbocycles. The summed E-state index contributed by atoms with van der Waals surface area (Å²) >= 11 is 0. The van der Waals surface area contributed by atoms with Gasteiger partial charge in [0.2, 0.25) is 0 Å². The first-order valence-electron chi connectivity index (χ1n) is 23.4. The van der Waals surface area contributed by atoms with Crippen LogP contribution in [-0.4, -0.2) is 11.6 Å². The Morgan fingerprint density at radius 2 is 0.706 bits per heavy atom. The highest BCUT2D eigenvalue weighted by Gasteiger charge is 2.28. The van der Waals surface area contributed by atoms with Crippen LogP contribution in [0.5, 0.6) is 0 Å². The summed E-state index contributed by atoms with van der Waals surface area (Å²) in [5.74, 6) is 0. The van der Waals surface area contributed by atoms with Crippen molar-refractivity contribution in [3.05, 3.63) is 231 Å². The number of anilines is 8. The van der Waals surface area contributed by atoms with Gasteiger partial charge in [-0.15, -0.1) is 0 Å². The second kappa shape index (κ2) is 14.8. The number of benzene rings is 12. The lowest BCUT2D eigenvalue weighted by molar-refractivity contribution is 1.01. The quantitative estimate of drug-likeness (QED) is 0.165. The third-order valence-corrected chi connectivity index (χ3v) is 14.6. The Bertz CT molecular complexity index is 4060.